The zero-order chi connectivity index (χ0) is 15.5. The van der Waals surface area contributed by atoms with Crippen LogP contribution in [0.3, 0.4) is 0 Å². The van der Waals surface area contributed by atoms with Crippen molar-refractivity contribution >= 4 is 11.9 Å². The van der Waals surface area contributed by atoms with Crippen molar-refractivity contribution in [2.45, 2.75) is 45.4 Å². The van der Waals surface area contributed by atoms with Gasteiger partial charge in [-0.1, -0.05) is 38.8 Å². The molecule has 1 aliphatic rings. The number of hydrogen-bond acceptors (Lipinski definition) is 2. The molecule has 114 valence electrons. The summed E-state index contributed by atoms with van der Waals surface area (Å²) in [5, 5.41) is 12.2. The van der Waals surface area contributed by atoms with Gasteiger partial charge in [-0.3, -0.25) is 9.59 Å². The summed E-state index contributed by atoms with van der Waals surface area (Å²) in [6, 6.07) is 7.49. The number of aliphatic carboxylic acids is 1. The second-order valence-electron chi connectivity index (χ2n) is 6.25. The fraction of sp³-hybridized carbons (Fsp3) is 0.529. The van der Waals surface area contributed by atoms with Gasteiger partial charge in [-0.05, 0) is 36.5 Å². The normalized spacial score (nSPS) is 16.9. The van der Waals surface area contributed by atoms with E-state index < -0.39 is 11.4 Å². The van der Waals surface area contributed by atoms with E-state index in [1.165, 1.54) is 5.56 Å². The first-order valence-corrected chi connectivity index (χ1v) is 7.56. The van der Waals surface area contributed by atoms with Crippen LogP contribution in [0.15, 0.2) is 24.3 Å². The number of hydrogen-bond donors (Lipinski definition) is 2. The number of amides is 1. The Kier molecular flexibility index (Phi) is 4.66. The largest absolute Gasteiger partial charge is 0.481 e. The smallest absolute Gasteiger partial charge is 0.311 e. The fourth-order valence-electron chi connectivity index (χ4n) is 2.89. The van der Waals surface area contributed by atoms with Crippen molar-refractivity contribution in [2.24, 2.45) is 5.41 Å². The topological polar surface area (TPSA) is 66.4 Å². The van der Waals surface area contributed by atoms with Gasteiger partial charge in [0.25, 0.3) is 5.91 Å². The second-order valence-corrected chi connectivity index (χ2v) is 6.25. The maximum Gasteiger partial charge on any atom is 0.311 e. The average Bonchev–Trinajstić information content (AvgIpc) is 2.95. The van der Waals surface area contributed by atoms with Gasteiger partial charge in [0, 0.05) is 12.1 Å². The van der Waals surface area contributed by atoms with E-state index in [4.69, 9.17) is 0 Å². The molecule has 1 fully saturated rings. The van der Waals surface area contributed by atoms with E-state index in [9.17, 15) is 14.7 Å². The summed E-state index contributed by atoms with van der Waals surface area (Å²) in [5.41, 5.74) is 0.996. The van der Waals surface area contributed by atoms with Crippen LogP contribution in [0.4, 0.5) is 0 Å². The van der Waals surface area contributed by atoms with E-state index in [1.807, 2.05) is 12.1 Å². The quantitative estimate of drug-likeness (QED) is 0.875. The summed E-state index contributed by atoms with van der Waals surface area (Å²) in [7, 11) is 0. The molecule has 1 aromatic carbocycles. The number of carbonyl (C=O) groups excluding carboxylic acids is 1. The molecule has 1 saturated carbocycles. The van der Waals surface area contributed by atoms with Crippen LogP contribution in [0.25, 0.3) is 0 Å². The lowest BCUT2D eigenvalue weighted by atomic mass is 9.86. The van der Waals surface area contributed by atoms with Crippen molar-refractivity contribution in [1.29, 1.82) is 0 Å². The lowest BCUT2D eigenvalue weighted by Gasteiger charge is -2.24. The first-order valence-electron chi connectivity index (χ1n) is 7.56. The number of rotatable bonds is 5. The molecule has 0 atom stereocenters. The van der Waals surface area contributed by atoms with Crippen molar-refractivity contribution in [3.05, 3.63) is 35.4 Å². The van der Waals surface area contributed by atoms with Crippen LogP contribution in [0.1, 0.15) is 61.4 Å². The highest BCUT2D eigenvalue weighted by atomic mass is 16.4. The molecule has 2 rings (SSSR count). The molecule has 0 saturated heterocycles. The van der Waals surface area contributed by atoms with Gasteiger partial charge in [0.05, 0.1) is 5.41 Å². The Bertz CT molecular complexity index is 513. The van der Waals surface area contributed by atoms with Gasteiger partial charge >= 0.3 is 5.97 Å². The van der Waals surface area contributed by atoms with Gasteiger partial charge in [-0.25, -0.2) is 0 Å². The van der Waals surface area contributed by atoms with Crippen molar-refractivity contribution in [3.63, 3.8) is 0 Å². The maximum atomic E-state index is 12.1. The predicted octanol–water partition coefficient (Wildman–Crippen LogP) is 3.18. The third-order valence-electron chi connectivity index (χ3n) is 4.44. The van der Waals surface area contributed by atoms with Crippen LogP contribution < -0.4 is 5.32 Å². The lowest BCUT2D eigenvalue weighted by Crippen LogP contribution is -2.41. The predicted molar refractivity (Wildman–Crippen MR) is 81.4 cm³/mol. The standard InChI is InChI=1S/C17H23NO3/c1-12(2)13-5-7-14(8-6-13)15(19)18-11-17(16(20)21)9-3-4-10-17/h5-8,12H,3-4,9-11H2,1-2H3,(H,18,19)(H,20,21). The number of carboxylic acid groups (broad SMARTS) is 1. The summed E-state index contributed by atoms with van der Waals surface area (Å²) < 4.78 is 0. The van der Waals surface area contributed by atoms with Gasteiger partial charge in [-0.15, -0.1) is 0 Å². The minimum Gasteiger partial charge on any atom is -0.481 e. The lowest BCUT2D eigenvalue weighted by molar-refractivity contribution is -0.148. The van der Waals surface area contributed by atoms with Crippen LogP contribution in [-0.2, 0) is 4.79 Å². The van der Waals surface area contributed by atoms with Crippen molar-refractivity contribution < 1.29 is 14.7 Å². The van der Waals surface area contributed by atoms with Crippen molar-refractivity contribution in [3.8, 4) is 0 Å². The maximum absolute atomic E-state index is 12.1. The SMILES string of the molecule is CC(C)c1ccc(C(=O)NCC2(C(=O)O)CCCC2)cc1. The Morgan fingerprint density at radius 1 is 1.19 bits per heavy atom. The highest BCUT2D eigenvalue weighted by molar-refractivity contribution is 5.94. The second kappa shape index (κ2) is 6.29. The Morgan fingerprint density at radius 2 is 1.76 bits per heavy atom. The number of benzene rings is 1. The zero-order valence-electron chi connectivity index (χ0n) is 12.7. The van der Waals surface area contributed by atoms with Crippen LogP contribution >= 0.6 is 0 Å². The first kappa shape index (κ1) is 15.5. The molecule has 1 amide bonds. The summed E-state index contributed by atoms with van der Waals surface area (Å²) in [5.74, 6) is -0.566. The number of nitrogens with one attached hydrogen (secondary N) is 1. The molecular weight excluding hydrogens is 266 g/mol. The molecule has 0 bridgehead atoms. The molecule has 0 aromatic heterocycles. The zero-order valence-corrected chi connectivity index (χ0v) is 12.7. The highest BCUT2D eigenvalue weighted by Crippen LogP contribution is 2.37. The van der Waals surface area contributed by atoms with Gasteiger partial charge in [0.15, 0.2) is 0 Å². The van der Waals surface area contributed by atoms with Crippen molar-refractivity contribution in [2.75, 3.05) is 6.54 Å². The molecule has 1 aliphatic carbocycles. The number of carboxylic acids is 1. The van der Waals surface area contributed by atoms with Gasteiger partial charge in [0.1, 0.15) is 0 Å². The summed E-state index contributed by atoms with van der Waals surface area (Å²) in [4.78, 5) is 23.6. The third kappa shape index (κ3) is 3.43. The Labute approximate surface area is 125 Å². The van der Waals surface area contributed by atoms with E-state index in [-0.39, 0.29) is 12.5 Å². The monoisotopic (exact) mass is 289 g/mol. The average molecular weight is 289 g/mol. The molecule has 21 heavy (non-hydrogen) atoms. The summed E-state index contributed by atoms with van der Waals surface area (Å²) in [6.45, 7) is 4.42. The minimum absolute atomic E-state index is 0.196. The Morgan fingerprint density at radius 3 is 2.24 bits per heavy atom. The van der Waals surface area contributed by atoms with Crippen molar-refractivity contribution in [1.82, 2.24) is 5.32 Å². The molecule has 0 aliphatic heterocycles. The van der Waals surface area contributed by atoms with E-state index >= 15 is 0 Å². The summed E-state index contributed by atoms with van der Waals surface area (Å²) >= 11 is 0. The van der Waals surface area contributed by atoms with Crippen LogP contribution in [-0.4, -0.2) is 23.5 Å². The van der Waals surface area contributed by atoms with Gasteiger partial charge in [0.2, 0.25) is 0 Å². The molecule has 0 radical (unpaired) electrons. The highest BCUT2D eigenvalue weighted by Gasteiger charge is 2.41. The molecule has 0 spiro atoms. The van der Waals surface area contributed by atoms with E-state index in [0.29, 0.717) is 24.3 Å². The molecule has 0 unspecified atom stereocenters. The van der Waals surface area contributed by atoms with Crippen LogP contribution in [0.2, 0.25) is 0 Å². The number of carbonyl (C=O) groups is 2. The molecule has 4 heteroatoms. The van der Waals surface area contributed by atoms with E-state index in [1.54, 1.807) is 12.1 Å². The fourth-order valence-corrected chi connectivity index (χ4v) is 2.89. The Hall–Kier alpha value is -1.84. The van der Waals surface area contributed by atoms with Gasteiger partial charge < -0.3 is 10.4 Å². The van der Waals surface area contributed by atoms with Crippen LogP contribution in [0.5, 0.6) is 0 Å². The van der Waals surface area contributed by atoms with E-state index in [0.717, 1.165) is 12.8 Å². The molecule has 1 aromatic rings. The molecule has 2 N–H and O–H groups in total. The first-order chi connectivity index (χ1) is 9.94. The summed E-state index contributed by atoms with van der Waals surface area (Å²) in [6.07, 6.45) is 3.14. The molecule has 0 heterocycles. The molecular formula is C17H23NO3. The Balaban J connectivity index is 1.99. The molecule has 4 nitrogen and oxygen atoms in total. The third-order valence-corrected chi connectivity index (χ3v) is 4.44. The van der Waals surface area contributed by atoms with E-state index in [2.05, 4.69) is 19.2 Å². The van der Waals surface area contributed by atoms with Crippen LogP contribution in [0, 0.1) is 5.41 Å². The van der Waals surface area contributed by atoms with Gasteiger partial charge in [-0.2, -0.15) is 0 Å². The minimum atomic E-state index is -0.796.